The van der Waals surface area contributed by atoms with Gasteiger partial charge < -0.3 is 26.4 Å². The molecule has 2 aliphatic rings. The Labute approximate surface area is 181 Å². The summed E-state index contributed by atoms with van der Waals surface area (Å²) in [6.45, 7) is 9.07. The number of nitrogens with zero attached hydrogens (tertiary/aromatic N) is 1. The molecule has 0 saturated carbocycles. The van der Waals surface area contributed by atoms with Crippen molar-refractivity contribution >= 4 is 35.5 Å². The van der Waals surface area contributed by atoms with Gasteiger partial charge in [-0.05, 0) is 32.4 Å². The van der Waals surface area contributed by atoms with Crippen LogP contribution in [-0.2, 0) is 19.2 Å². The number of amides is 3. The predicted octanol–water partition coefficient (Wildman–Crippen LogP) is 0.505. The monoisotopic (exact) mass is 440 g/mol. The maximum Gasteiger partial charge on any atom is 0.353 e. The highest BCUT2D eigenvalue weighted by molar-refractivity contribution is 8.02. The van der Waals surface area contributed by atoms with Gasteiger partial charge in [0.05, 0.1) is 18.0 Å². The molecule has 0 unspecified atom stereocenters. The van der Waals surface area contributed by atoms with E-state index >= 15 is 0 Å². The van der Waals surface area contributed by atoms with E-state index in [2.05, 4.69) is 10.6 Å². The van der Waals surface area contributed by atoms with Gasteiger partial charge in [0.2, 0.25) is 17.7 Å². The lowest BCUT2D eigenvalue weighted by molar-refractivity contribution is -0.158. The number of carbonyl (C=O) groups is 4. The summed E-state index contributed by atoms with van der Waals surface area (Å²) in [6, 6.07) is -2.31. The third-order valence-corrected chi connectivity index (χ3v) is 6.68. The van der Waals surface area contributed by atoms with E-state index in [1.807, 2.05) is 20.8 Å². The van der Waals surface area contributed by atoms with Crippen molar-refractivity contribution in [1.29, 1.82) is 0 Å². The fourth-order valence-corrected chi connectivity index (χ4v) is 5.13. The van der Waals surface area contributed by atoms with Crippen LogP contribution in [0.15, 0.2) is 10.6 Å². The second kappa shape index (κ2) is 9.38. The topological polar surface area (TPSA) is 142 Å². The first-order valence-corrected chi connectivity index (χ1v) is 11.4. The predicted molar refractivity (Wildman–Crippen MR) is 114 cm³/mol. The Morgan fingerprint density at radius 3 is 2.23 bits per heavy atom. The molecule has 9 nitrogen and oxygen atoms in total. The molecule has 0 bridgehead atoms. The van der Waals surface area contributed by atoms with Crippen molar-refractivity contribution < 1.29 is 24.3 Å². The second-order valence-corrected chi connectivity index (χ2v) is 9.36. The first kappa shape index (κ1) is 24.2. The highest BCUT2D eigenvalue weighted by Crippen LogP contribution is 2.49. The average molecular weight is 441 g/mol. The lowest BCUT2D eigenvalue weighted by Crippen LogP contribution is -2.67. The molecule has 2 rings (SSSR count). The molecule has 0 aliphatic carbocycles. The average Bonchev–Trinajstić information content (AvgIpc) is 2.88. The Balaban J connectivity index is 2.13. The standard InChI is InChI=1S/C20H32N4O5S/c1-8(2)7-12(23-17(25)10(4)21)18(26)22-11(5)13-14-9(3)16(30-6)15(20(28)29)24(14)19(13)27/h8-14H,7,21H2,1-6H3,(H,22,26)(H,23,25)(H,28,29)/t9-,10+,11-,12+,13-,14-/m1/s1. The SMILES string of the molecule is CSC1=C(C(=O)O)N2C(=O)[C@H]([C@@H](C)NC(=O)[C@H](CC(C)C)NC(=O)[C@H](C)N)[C@H]2[C@H]1C. The van der Waals surface area contributed by atoms with Gasteiger partial charge in [-0.15, -0.1) is 11.8 Å². The number of rotatable bonds is 9. The van der Waals surface area contributed by atoms with E-state index in [9.17, 15) is 24.3 Å². The fraction of sp³-hybridized carbons (Fsp3) is 0.700. The molecular weight excluding hydrogens is 408 g/mol. The number of aliphatic carboxylic acids is 1. The third-order valence-electron chi connectivity index (χ3n) is 5.67. The van der Waals surface area contributed by atoms with Crippen molar-refractivity contribution in [2.45, 2.75) is 65.2 Å². The molecule has 2 heterocycles. The minimum Gasteiger partial charge on any atom is -0.477 e. The lowest BCUT2D eigenvalue weighted by Gasteiger charge is -2.47. The summed E-state index contributed by atoms with van der Waals surface area (Å²) in [7, 11) is 0. The molecule has 0 aromatic rings. The summed E-state index contributed by atoms with van der Waals surface area (Å²) < 4.78 is 0. The summed E-state index contributed by atoms with van der Waals surface area (Å²) in [5, 5.41) is 15.1. The molecule has 0 spiro atoms. The summed E-state index contributed by atoms with van der Waals surface area (Å²) in [5.74, 6) is -2.71. The largest absolute Gasteiger partial charge is 0.477 e. The van der Waals surface area contributed by atoms with Gasteiger partial charge in [0, 0.05) is 16.9 Å². The van der Waals surface area contributed by atoms with Crippen molar-refractivity contribution in [3.8, 4) is 0 Å². The smallest absolute Gasteiger partial charge is 0.353 e. The molecule has 2 aliphatic heterocycles. The van der Waals surface area contributed by atoms with Crippen LogP contribution in [0.3, 0.4) is 0 Å². The van der Waals surface area contributed by atoms with E-state index in [4.69, 9.17) is 5.73 Å². The zero-order chi connectivity index (χ0) is 22.9. The molecular formula is C20H32N4O5S. The number of carbonyl (C=O) groups excluding carboxylic acids is 3. The Morgan fingerprint density at radius 1 is 1.17 bits per heavy atom. The molecule has 5 N–H and O–H groups in total. The van der Waals surface area contributed by atoms with Gasteiger partial charge in [-0.3, -0.25) is 14.4 Å². The van der Waals surface area contributed by atoms with E-state index < -0.39 is 35.9 Å². The first-order chi connectivity index (χ1) is 13.9. The van der Waals surface area contributed by atoms with E-state index in [-0.39, 0.29) is 35.4 Å². The number of carboxylic acids is 1. The molecule has 0 aromatic carbocycles. The molecule has 0 aromatic heterocycles. The molecule has 30 heavy (non-hydrogen) atoms. The third kappa shape index (κ3) is 4.49. The van der Waals surface area contributed by atoms with Gasteiger partial charge in [0.1, 0.15) is 11.7 Å². The Morgan fingerprint density at radius 2 is 1.77 bits per heavy atom. The van der Waals surface area contributed by atoms with Gasteiger partial charge in [-0.25, -0.2) is 4.79 Å². The molecule has 168 valence electrons. The minimum atomic E-state index is -1.12. The first-order valence-electron chi connectivity index (χ1n) is 10.1. The van der Waals surface area contributed by atoms with E-state index in [1.165, 1.54) is 16.7 Å². The van der Waals surface area contributed by atoms with Gasteiger partial charge in [0.15, 0.2) is 0 Å². The highest BCUT2D eigenvalue weighted by Gasteiger charge is 2.60. The van der Waals surface area contributed by atoms with Crippen LogP contribution in [0.2, 0.25) is 0 Å². The molecule has 1 saturated heterocycles. The highest BCUT2D eigenvalue weighted by atomic mass is 32.2. The molecule has 6 atom stereocenters. The zero-order valence-electron chi connectivity index (χ0n) is 18.3. The van der Waals surface area contributed by atoms with Crippen LogP contribution >= 0.6 is 11.8 Å². The number of β-lactam (4-membered cyclic amide) rings is 1. The summed E-state index contributed by atoms with van der Waals surface area (Å²) in [6.07, 6.45) is 2.23. The number of nitrogens with one attached hydrogen (secondary N) is 2. The van der Waals surface area contributed by atoms with Crippen LogP contribution in [0.4, 0.5) is 0 Å². The quantitative estimate of drug-likeness (QED) is 0.383. The Hall–Kier alpha value is -2.07. The van der Waals surface area contributed by atoms with Crippen LogP contribution in [0.25, 0.3) is 0 Å². The van der Waals surface area contributed by atoms with Crippen LogP contribution in [-0.4, -0.2) is 64.1 Å². The Bertz CT molecular complexity index is 766. The second-order valence-electron chi connectivity index (χ2n) is 8.51. The van der Waals surface area contributed by atoms with Gasteiger partial charge in [-0.2, -0.15) is 0 Å². The van der Waals surface area contributed by atoms with Crippen LogP contribution in [0.5, 0.6) is 0 Å². The Kier molecular flexibility index (Phi) is 7.57. The van der Waals surface area contributed by atoms with Crippen LogP contribution in [0.1, 0.15) is 41.0 Å². The number of hydrogen-bond donors (Lipinski definition) is 4. The molecule has 3 amide bonds. The van der Waals surface area contributed by atoms with Crippen molar-refractivity contribution in [1.82, 2.24) is 15.5 Å². The summed E-state index contributed by atoms with van der Waals surface area (Å²) in [4.78, 5) is 51.3. The maximum absolute atomic E-state index is 12.9. The number of carboxylic acid groups (broad SMARTS) is 1. The number of fused-ring (bicyclic) bond motifs is 1. The lowest BCUT2D eigenvalue weighted by atomic mass is 9.78. The molecule has 0 radical (unpaired) electrons. The normalized spacial score (nSPS) is 26.1. The molecule has 10 heteroatoms. The number of hydrogen-bond acceptors (Lipinski definition) is 6. The summed E-state index contributed by atoms with van der Waals surface area (Å²) >= 11 is 1.33. The zero-order valence-corrected chi connectivity index (χ0v) is 19.1. The minimum absolute atomic E-state index is 0.0432. The number of thioether (sulfide) groups is 1. The van der Waals surface area contributed by atoms with Crippen molar-refractivity contribution in [2.24, 2.45) is 23.5 Å². The van der Waals surface area contributed by atoms with Crippen molar-refractivity contribution in [2.75, 3.05) is 6.26 Å². The van der Waals surface area contributed by atoms with Crippen LogP contribution < -0.4 is 16.4 Å². The van der Waals surface area contributed by atoms with E-state index in [0.717, 1.165) is 0 Å². The summed E-state index contributed by atoms with van der Waals surface area (Å²) in [5.41, 5.74) is 5.65. The van der Waals surface area contributed by atoms with E-state index in [0.29, 0.717) is 11.3 Å². The molecule has 1 fully saturated rings. The van der Waals surface area contributed by atoms with Gasteiger partial charge in [-0.1, -0.05) is 20.8 Å². The van der Waals surface area contributed by atoms with Gasteiger partial charge in [0.25, 0.3) is 0 Å². The van der Waals surface area contributed by atoms with E-state index in [1.54, 1.807) is 20.1 Å². The maximum atomic E-state index is 12.9. The van der Waals surface area contributed by atoms with Crippen molar-refractivity contribution in [3.63, 3.8) is 0 Å². The van der Waals surface area contributed by atoms with Crippen molar-refractivity contribution in [3.05, 3.63) is 10.6 Å². The number of nitrogens with two attached hydrogens (primary N) is 1. The van der Waals surface area contributed by atoms with Crippen LogP contribution in [0, 0.1) is 17.8 Å². The van der Waals surface area contributed by atoms with Gasteiger partial charge >= 0.3 is 5.97 Å². The fourth-order valence-electron chi connectivity index (χ4n) is 4.24.